The number of methoxy groups -OCH3 is 1. The van der Waals surface area contributed by atoms with E-state index in [4.69, 9.17) is 14.2 Å². The van der Waals surface area contributed by atoms with Crippen molar-refractivity contribution in [3.05, 3.63) is 53.6 Å². The Hall–Kier alpha value is -2.95. The van der Waals surface area contributed by atoms with E-state index in [1.54, 1.807) is 13.2 Å². The van der Waals surface area contributed by atoms with Crippen LogP contribution in [0, 0.1) is 6.92 Å². The lowest BCUT2D eigenvalue weighted by atomic mass is 10.2. The van der Waals surface area contributed by atoms with E-state index in [-0.39, 0.29) is 12.7 Å². The average molecular weight is 311 g/mol. The van der Waals surface area contributed by atoms with Crippen LogP contribution in [0.5, 0.6) is 17.2 Å². The number of carbonyl (C=O) groups is 1. The Bertz CT molecular complexity index is 768. The predicted molar refractivity (Wildman–Crippen MR) is 88.0 cm³/mol. The zero-order chi connectivity index (χ0) is 16.2. The number of hydrogen-bond acceptors (Lipinski definition) is 4. The third-order valence-electron chi connectivity index (χ3n) is 3.44. The molecule has 0 atom stereocenters. The van der Waals surface area contributed by atoms with Gasteiger partial charge in [0.05, 0.1) is 12.8 Å². The molecule has 2 aromatic rings. The number of benzene rings is 2. The van der Waals surface area contributed by atoms with Crippen LogP contribution >= 0.6 is 0 Å². The molecule has 1 amide bonds. The van der Waals surface area contributed by atoms with Gasteiger partial charge >= 0.3 is 0 Å². The van der Waals surface area contributed by atoms with E-state index in [9.17, 15) is 4.79 Å². The highest BCUT2D eigenvalue weighted by Crippen LogP contribution is 2.32. The quantitative estimate of drug-likeness (QED) is 0.879. The summed E-state index contributed by atoms with van der Waals surface area (Å²) in [6.07, 6.45) is 3.19. The second-order valence-corrected chi connectivity index (χ2v) is 5.14. The van der Waals surface area contributed by atoms with Crippen molar-refractivity contribution < 1.29 is 19.0 Å². The number of fused-ring (bicyclic) bond motifs is 1. The van der Waals surface area contributed by atoms with Gasteiger partial charge in [-0.1, -0.05) is 12.1 Å². The lowest BCUT2D eigenvalue weighted by Crippen LogP contribution is -2.09. The van der Waals surface area contributed by atoms with Gasteiger partial charge in [0.2, 0.25) is 12.7 Å². The molecule has 5 heteroatoms. The summed E-state index contributed by atoms with van der Waals surface area (Å²) in [4.78, 5) is 12.1. The molecule has 0 fully saturated rings. The number of hydrogen-bond donors (Lipinski definition) is 1. The Morgan fingerprint density at radius 2 is 2.00 bits per heavy atom. The number of aryl methyl sites for hydroxylation is 1. The van der Waals surface area contributed by atoms with Crippen LogP contribution in [0.3, 0.4) is 0 Å². The smallest absolute Gasteiger partial charge is 0.248 e. The van der Waals surface area contributed by atoms with Crippen LogP contribution in [0.2, 0.25) is 0 Å². The first-order valence-corrected chi connectivity index (χ1v) is 7.19. The number of amides is 1. The molecule has 0 aliphatic carbocycles. The molecule has 1 aliphatic rings. The normalized spacial score (nSPS) is 12.4. The molecule has 0 unspecified atom stereocenters. The van der Waals surface area contributed by atoms with Crippen molar-refractivity contribution in [1.82, 2.24) is 0 Å². The van der Waals surface area contributed by atoms with E-state index in [0.717, 1.165) is 16.9 Å². The van der Waals surface area contributed by atoms with Gasteiger partial charge in [-0.15, -0.1) is 0 Å². The summed E-state index contributed by atoms with van der Waals surface area (Å²) in [7, 11) is 1.57. The molecular weight excluding hydrogens is 294 g/mol. The number of ether oxygens (including phenoxy) is 3. The van der Waals surface area contributed by atoms with E-state index >= 15 is 0 Å². The van der Waals surface area contributed by atoms with Crippen molar-refractivity contribution >= 4 is 17.7 Å². The lowest BCUT2D eigenvalue weighted by molar-refractivity contribution is -0.111. The Kier molecular flexibility index (Phi) is 4.19. The van der Waals surface area contributed by atoms with Crippen molar-refractivity contribution in [2.45, 2.75) is 6.92 Å². The van der Waals surface area contributed by atoms with Crippen molar-refractivity contribution in [3.63, 3.8) is 0 Å². The zero-order valence-corrected chi connectivity index (χ0v) is 13.0. The molecule has 23 heavy (non-hydrogen) atoms. The second-order valence-electron chi connectivity index (χ2n) is 5.14. The van der Waals surface area contributed by atoms with Gasteiger partial charge in [0.1, 0.15) is 5.75 Å². The SMILES string of the molecule is COc1ccc(C)cc1NC(=O)C=Cc1ccc2c(c1)OCO2. The van der Waals surface area contributed by atoms with Gasteiger partial charge in [0.25, 0.3) is 0 Å². The standard InChI is InChI=1S/C18H17NO4/c1-12-3-6-15(21-2)14(9-12)19-18(20)8-5-13-4-7-16-17(10-13)23-11-22-16/h3-10H,11H2,1-2H3,(H,19,20). The maximum Gasteiger partial charge on any atom is 0.248 e. The number of rotatable bonds is 4. The van der Waals surface area contributed by atoms with Crippen LogP contribution in [-0.4, -0.2) is 19.8 Å². The molecule has 0 radical (unpaired) electrons. The van der Waals surface area contributed by atoms with E-state index in [1.165, 1.54) is 6.08 Å². The van der Waals surface area contributed by atoms with Gasteiger partial charge in [0.15, 0.2) is 11.5 Å². The van der Waals surface area contributed by atoms with E-state index in [0.29, 0.717) is 17.2 Å². The van der Waals surface area contributed by atoms with Crippen LogP contribution in [-0.2, 0) is 4.79 Å². The highest BCUT2D eigenvalue weighted by atomic mass is 16.7. The fraction of sp³-hybridized carbons (Fsp3) is 0.167. The Morgan fingerprint density at radius 3 is 2.83 bits per heavy atom. The number of anilines is 1. The summed E-state index contributed by atoms with van der Waals surface area (Å²) in [5.74, 6) is 1.80. The first kappa shape index (κ1) is 15.0. The molecule has 0 saturated carbocycles. The topological polar surface area (TPSA) is 56.8 Å². The molecule has 1 aliphatic heterocycles. The minimum Gasteiger partial charge on any atom is -0.495 e. The highest BCUT2D eigenvalue weighted by Gasteiger charge is 2.12. The molecule has 0 spiro atoms. The molecule has 3 rings (SSSR count). The summed E-state index contributed by atoms with van der Waals surface area (Å²) < 4.78 is 15.8. The molecule has 5 nitrogen and oxygen atoms in total. The summed E-state index contributed by atoms with van der Waals surface area (Å²) in [6, 6.07) is 11.1. The maximum absolute atomic E-state index is 12.1. The van der Waals surface area contributed by atoms with Gasteiger partial charge < -0.3 is 19.5 Å². The summed E-state index contributed by atoms with van der Waals surface area (Å²) in [5.41, 5.74) is 2.55. The zero-order valence-electron chi connectivity index (χ0n) is 13.0. The van der Waals surface area contributed by atoms with Crippen LogP contribution in [0.25, 0.3) is 6.08 Å². The van der Waals surface area contributed by atoms with Crippen LogP contribution in [0.15, 0.2) is 42.5 Å². The molecular formula is C18H17NO4. The average Bonchev–Trinajstić information content (AvgIpc) is 3.01. The highest BCUT2D eigenvalue weighted by molar-refractivity contribution is 6.02. The van der Waals surface area contributed by atoms with E-state index in [1.807, 2.05) is 43.3 Å². The summed E-state index contributed by atoms with van der Waals surface area (Å²) >= 11 is 0. The first-order valence-electron chi connectivity index (χ1n) is 7.19. The van der Waals surface area contributed by atoms with Gasteiger partial charge in [-0.05, 0) is 48.4 Å². The molecule has 0 bridgehead atoms. The number of carbonyl (C=O) groups excluding carboxylic acids is 1. The molecule has 1 heterocycles. The minimum atomic E-state index is -0.230. The largest absolute Gasteiger partial charge is 0.495 e. The van der Waals surface area contributed by atoms with Crippen molar-refractivity contribution in [2.75, 3.05) is 19.2 Å². The fourth-order valence-electron chi connectivity index (χ4n) is 2.28. The molecule has 2 aromatic carbocycles. The maximum atomic E-state index is 12.1. The Morgan fingerprint density at radius 1 is 1.17 bits per heavy atom. The monoisotopic (exact) mass is 311 g/mol. The molecule has 1 N–H and O–H groups in total. The van der Waals surface area contributed by atoms with Gasteiger partial charge in [-0.3, -0.25) is 4.79 Å². The van der Waals surface area contributed by atoms with E-state index < -0.39 is 0 Å². The van der Waals surface area contributed by atoms with Gasteiger partial charge in [0, 0.05) is 6.08 Å². The van der Waals surface area contributed by atoms with Crippen LogP contribution in [0.4, 0.5) is 5.69 Å². The van der Waals surface area contributed by atoms with Gasteiger partial charge in [-0.25, -0.2) is 0 Å². The Labute approximate surface area is 134 Å². The third-order valence-corrected chi connectivity index (χ3v) is 3.44. The van der Waals surface area contributed by atoms with Crippen molar-refractivity contribution in [3.8, 4) is 17.2 Å². The molecule has 0 aromatic heterocycles. The summed E-state index contributed by atoms with van der Waals surface area (Å²) in [5, 5.41) is 2.82. The summed E-state index contributed by atoms with van der Waals surface area (Å²) in [6.45, 7) is 2.19. The third kappa shape index (κ3) is 3.45. The van der Waals surface area contributed by atoms with Gasteiger partial charge in [-0.2, -0.15) is 0 Å². The second kappa shape index (κ2) is 6.44. The van der Waals surface area contributed by atoms with Crippen molar-refractivity contribution in [2.24, 2.45) is 0 Å². The number of nitrogens with one attached hydrogen (secondary N) is 1. The molecule has 0 saturated heterocycles. The van der Waals surface area contributed by atoms with Crippen LogP contribution < -0.4 is 19.5 Å². The van der Waals surface area contributed by atoms with Crippen LogP contribution in [0.1, 0.15) is 11.1 Å². The minimum absolute atomic E-state index is 0.230. The van der Waals surface area contributed by atoms with Crippen molar-refractivity contribution in [1.29, 1.82) is 0 Å². The van der Waals surface area contributed by atoms with E-state index in [2.05, 4.69) is 5.32 Å². The Balaban J connectivity index is 1.71. The first-order chi connectivity index (χ1) is 11.2. The fourth-order valence-corrected chi connectivity index (χ4v) is 2.28. The lowest BCUT2D eigenvalue weighted by Gasteiger charge is -2.09. The molecule has 118 valence electrons. The predicted octanol–water partition coefficient (Wildman–Crippen LogP) is 3.38.